The largest absolute Gasteiger partial charge is 0.360 e. The molecular weight excluding hydrogens is 316 g/mol. The molecular formula is C19H20N4O2. The maximum Gasteiger partial charge on any atom is 0.275 e. The van der Waals surface area contributed by atoms with Gasteiger partial charge in [-0.15, -0.1) is 0 Å². The van der Waals surface area contributed by atoms with Gasteiger partial charge in [0.1, 0.15) is 11.5 Å². The molecule has 0 aliphatic heterocycles. The highest BCUT2D eigenvalue weighted by atomic mass is 16.5. The Hall–Kier alpha value is -3.15. The second kappa shape index (κ2) is 7.17. The fourth-order valence-electron chi connectivity index (χ4n) is 2.33. The minimum atomic E-state index is -0.332. The van der Waals surface area contributed by atoms with Gasteiger partial charge in [-0.05, 0) is 42.7 Å². The lowest BCUT2D eigenvalue weighted by molar-refractivity contribution is 0.102. The smallest absolute Gasteiger partial charge is 0.275 e. The van der Waals surface area contributed by atoms with Gasteiger partial charge in [0.15, 0.2) is 5.82 Å². The van der Waals surface area contributed by atoms with Gasteiger partial charge in [0.25, 0.3) is 5.91 Å². The highest BCUT2D eigenvalue weighted by Gasteiger charge is 2.10. The highest BCUT2D eigenvalue weighted by molar-refractivity contribution is 6.02. The van der Waals surface area contributed by atoms with Crippen molar-refractivity contribution in [2.45, 2.75) is 26.7 Å². The number of hydrogen-bond acceptors (Lipinski definition) is 5. The maximum absolute atomic E-state index is 12.1. The first-order chi connectivity index (χ1) is 12.0. The summed E-state index contributed by atoms with van der Waals surface area (Å²) in [4.78, 5) is 16.3. The van der Waals surface area contributed by atoms with Gasteiger partial charge in [-0.25, -0.2) is 4.98 Å². The number of nitrogens with one attached hydrogen (secondary N) is 2. The lowest BCUT2D eigenvalue weighted by atomic mass is 10.0. The van der Waals surface area contributed by atoms with Crippen LogP contribution in [-0.2, 0) is 0 Å². The molecule has 3 aromatic rings. The number of carbonyl (C=O) groups is 1. The Kier molecular flexibility index (Phi) is 4.79. The molecule has 0 aliphatic rings. The van der Waals surface area contributed by atoms with Gasteiger partial charge in [0.2, 0.25) is 0 Å². The summed E-state index contributed by atoms with van der Waals surface area (Å²) >= 11 is 0. The number of aryl methyl sites for hydroxylation is 1. The van der Waals surface area contributed by atoms with Crippen LogP contribution in [-0.4, -0.2) is 16.0 Å². The number of rotatable bonds is 5. The Morgan fingerprint density at radius 3 is 2.36 bits per heavy atom. The number of amides is 1. The monoisotopic (exact) mass is 336 g/mol. The average molecular weight is 336 g/mol. The summed E-state index contributed by atoms with van der Waals surface area (Å²) < 4.78 is 4.91. The molecule has 1 aromatic carbocycles. The Morgan fingerprint density at radius 1 is 1.08 bits per heavy atom. The summed E-state index contributed by atoms with van der Waals surface area (Å²) in [5, 5.41) is 9.63. The minimum absolute atomic E-state index is 0.307. The second-order valence-corrected chi connectivity index (χ2v) is 6.11. The molecule has 6 nitrogen and oxygen atoms in total. The topological polar surface area (TPSA) is 80.0 Å². The van der Waals surface area contributed by atoms with E-state index in [0.717, 1.165) is 11.4 Å². The summed E-state index contributed by atoms with van der Waals surface area (Å²) in [6.45, 7) is 6.09. The summed E-state index contributed by atoms with van der Waals surface area (Å²) in [5.41, 5.74) is 3.38. The van der Waals surface area contributed by atoms with E-state index in [1.807, 2.05) is 18.2 Å². The molecule has 0 radical (unpaired) electrons. The van der Waals surface area contributed by atoms with Gasteiger partial charge in [0.05, 0.1) is 11.9 Å². The summed E-state index contributed by atoms with van der Waals surface area (Å²) in [6.07, 6.45) is 1.62. The normalized spacial score (nSPS) is 10.7. The Balaban J connectivity index is 1.64. The van der Waals surface area contributed by atoms with E-state index in [1.54, 1.807) is 25.3 Å². The summed E-state index contributed by atoms with van der Waals surface area (Å²) in [7, 11) is 0. The average Bonchev–Trinajstić information content (AvgIpc) is 3.01. The van der Waals surface area contributed by atoms with Crippen LogP contribution in [0.25, 0.3) is 0 Å². The van der Waals surface area contributed by atoms with E-state index >= 15 is 0 Å². The molecule has 2 aromatic heterocycles. The molecule has 0 fully saturated rings. The lowest BCUT2D eigenvalue weighted by Gasteiger charge is -2.09. The predicted molar refractivity (Wildman–Crippen MR) is 97.2 cm³/mol. The molecule has 0 atom stereocenters. The molecule has 0 saturated heterocycles. The van der Waals surface area contributed by atoms with E-state index in [0.29, 0.717) is 23.2 Å². The zero-order chi connectivity index (χ0) is 17.8. The molecule has 2 N–H and O–H groups in total. The van der Waals surface area contributed by atoms with Crippen molar-refractivity contribution in [1.29, 1.82) is 0 Å². The Morgan fingerprint density at radius 2 is 1.80 bits per heavy atom. The molecule has 0 unspecified atom stereocenters. The number of carbonyl (C=O) groups excluding carboxylic acids is 1. The molecule has 0 bridgehead atoms. The number of hydrogen-bond donors (Lipinski definition) is 2. The number of anilines is 3. The Bertz CT molecular complexity index is 852. The van der Waals surface area contributed by atoms with Gasteiger partial charge in [0, 0.05) is 11.8 Å². The molecule has 3 rings (SSSR count). The van der Waals surface area contributed by atoms with Crippen LogP contribution in [0.2, 0.25) is 0 Å². The van der Waals surface area contributed by atoms with Crippen molar-refractivity contribution in [3.63, 3.8) is 0 Å². The molecule has 128 valence electrons. The third kappa shape index (κ3) is 4.23. The summed E-state index contributed by atoms with van der Waals surface area (Å²) in [5.74, 6) is 1.17. The molecule has 0 saturated carbocycles. The second-order valence-electron chi connectivity index (χ2n) is 6.11. The van der Waals surface area contributed by atoms with Crippen LogP contribution in [0, 0.1) is 6.92 Å². The van der Waals surface area contributed by atoms with Gasteiger partial charge < -0.3 is 15.2 Å². The number of pyridine rings is 1. The first-order valence-electron chi connectivity index (χ1n) is 8.09. The van der Waals surface area contributed by atoms with E-state index in [-0.39, 0.29) is 5.91 Å². The first kappa shape index (κ1) is 16.7. The van der Waals surface area contributed by atoms with E-state index in [4.69, 9.17) is 4.52 Å². The lowest BCUT2D eigenvalue weighted by Crippen LogP contribution is -2.13. The van der Waals surface area contributed by atoms with Crippen molar-refractivity contribution < 1.29 is 9.32 Å². The molecule has 2 heterocycles. The Labute approximate surface area is 146 Å². The molecule has 25 heavy (non-hydrogen) atoms. The minimum Gasteiger partial charge on any atom is -0.360 e. The van der Waals surface area contributed by atoms with E-state index in [1.165, 1.54) is 5.56 Å². The molecule has 1 amide bonds. The van der Waals surface area contributed by atoms with Crippen LogP contribution in [0.4, 0.5) is 17.2 Å². The number of nitrogens with zero attached hydrogens (tertiary/aromatic N) is 2. The third-order valence-corrected chi connectivity index (χ3v) is 3.73. The number of benzene rings is 1. The maximum atomic E-state index is 12.1. The van der Waals surface area contributed by atoms with Gasteiger partial charge in [-0.2, -0.15) is 0 Å². The molecule has 0 spiro atoms. The number of aromatic nitrogens is 2. The van der Waals surface area contributed by atoms with Crippen molar-refractivity contribution in [2.75, 3.05) is 10.6 Å². The van der Waals surface area contributed by atoms with E-state index in [9.17, 15) is 4.79 Å². The zero-order valence-corrected chi connectivity index (χ0v) is 14.4. The predicted octanol–water partition coefficient (Wildman–Crippen LogP) is 4.50. The van der Waals surface area contributed by atoms with Crippen LogP contribution >= 0.6 is 0 Å². The van der Waals surface area contributed by atoms with Crippen LogP contribution in [0.15, 0.2) is 53.2 Å². The van der Waals surface area contributed by atoms with Crippen LogP contribution in [0.3, 0.4) is 0 Å². The van der Waals surface area contributed by atoms with Gasteiger partial charge >= 0.3 is 0 Å². The van der Waals surface area contributed by atoms with E-state index in [2.05, 4.69) is 46.8 Å². The van der Waals surface area contributed by atoms with Crippen molar-refractivity contribution in [2.24, 2.45) is 0 Å². The van der Waals surface area contributed by atoms with Crippen LogP contribution in [0.1, 0.15) is 41.6 Å². The SMILES string of the molecule is Cc1cc(NC(=O)c2ccc(Nc3ccc(C(C)C)cc3)cn2)no1. The quantitative estimate of drug-likeness (QED) is 0.717. The highest BCUT2D eigenvalue weighted by Crippen LogP contribution is 2.20. The standard InChI is InChI=1S/C19H20N4O2/c1-12(2)14-4-6-15(7-5-14)21-16-8-9-17(20-11-16)19(24)22-18-10-13(3)25-23-18/h4-12,21H,1-3H3,(H,22,23,24). The van der Waals surface area contributed by atoms with E-state index < -0.39 is 0 Å². The van der Waals surface area contributed by atoms with Gasteiger partial charge in [-0.3, -0.25) is 4.79 Å². The zero-order valence-electron chi connectivity index (χ0n) is 14.4. The van der Waals surface area contributed by atoms with Crippen molar-refractivity contribution >= 4 is 23.1 Å². The molecule has 0 aliphatic carbocycles. The van der Waals surface area contributed by atoms with Crippen LogP contribution < -0.4 is 10.6 Å². The third-order valence-electron chi connectivity index (χ3n) is 3.73. The van der Waals surface area contributed by atoms with Gasteiger partial charge in [-0.1, -0.05) is 31.1 Å². The van der Waals surface area contributed by atoms with Crippen LogP contribution in [0.5, 0.6) is 0 Å². The van der Waals surface area contributed by atoms with Crippen molar-refractivity contribution in [3.8, 4) is 0 Å². The fraction of sp³-hybridized carbons (Fsp3) is 0.211. The molecule has 6 heteroatoms. The first-order valence-corrected chi connectivity index (χ1v) is 8.09. The summed E-state index contributed by atoms with van der Waals surface area (Å²) in [6, 6.07) is 13.4. The van der Waals surface area contributed by atoms with Crippen molar-refractivity contribution in [1.82, 2.24) is 10.1 Å². The van der Waals surface area contributed by atoms with Crippen molar-refractivity contribution in [3.05, 3.63) is 65.7 Å². The fourth-order valence-corrected chi connectivity index (χ4v) is 2.33.